The van der Waals surface area contributed by atoms with Gasteiger partial charge in [0.25, 0.3) is 0 Å². The average molecular weight is 171 g/mol. The summed E-state index contributed by atoms with van der Waals surface area (Å²) in [6.45, 7) is 0. The highest BCUT2D eigenvalue weighted by Gasteiger charge is 2.21. The molecule has 0 bridgehead atoms. The first-order chi connectivity index (χ1) is 6.35. The van der Waals surface area contributed by atoms with E-state index in [0.29, 0.717) is 5.56 Å². The van der Waals surface area contributed by atoms with E-state index in [-0.39, 0.29) is 5.92 Å². The van der Waals surface area contributed by atoms with Crippen molar-refractivity contribution >= 4 is 6.29 Å². The molecule has 0 saturated heterocycles. The molecule has 2 rings (SSSR count). The average Bonchev–Trinajstić information content (AvgIpc) is 2.59. The van der Waals surface area contributed by atoms with Gasteiger partial charge in [-0.2, -0.15) is 5.26 Å². The molecule has 0 heterocycles. The zero-order valence-electron chi connectivity index (χ0n) is 7.16. The number of nitriles is 1. The molecule has 2 heteroatoms. The molecule has 64 valence electrons. The maximum Gasteiger partial charge on any atom is 0.127 e. The van der Waals surface area contributed by atoms with E-state index in [9.17, 15) is 4.79 Å². The minimum Gasteiger partial charge on any atom is -0.303 e. The second kappa shape index (κ2) is 3.02. The topological polar surface area (TPSA) is 40.9 Å². The van der Waals surface area contributed by atoms with E-state index in [1.807, 2.05) is 12.1 Å². The summed E-state index contributed by atoms with van der Waals surface area (Å²) in [5, 5.41) is 8.67. The van der Waals surface area contributed by atoms with E-state index in [2.05, 4.69) is 6.07 Å². The zero-order chi connectivity index (χ0) is 9.26. The molecule has 0 aromatic heterocycles. The molecule has 2 nitrogen and oxygen atoms in total. The van der Waals surface area contributed by atoms with Gasteiger partial charge in [0, 0.05) is 5.92 Å². The normalized spacial score (nSPS) is 19.2. The molecular weight excluding hydrogens is 162 g/mol. The van der Waals surface area contributed by atoms with Gasteiger partial charge in [0.2, 0.25) is 0 Å². The smallest absolute Gasteiger partial charge is 0.127 e. The fourth-order valence-electron chi connectivity index (χ4n) is 1.86. The van der Waals surface area contributed by atoms with Gasteiger partial charge >= 0.3 is 0 Å². The Kier molecular flexibility index (Phi) is 1.86. The Hall–Kier alpha value is -1.62. The minimum absolute atomic E-state index is 0.0581. The van der Waals surface area contributed by atoms with Crippen molar-refractivity contribution in [3.63, 3.8) is 0 Å². The summed E-state index contributed by atoms with van der Waals surface area (Å²) in [5.41, 5.74) is 2.95. The number of carbonyl (C=O) groups is 1. The first kappa shape index (κ1) is 8.00. The molecule has 1 aromatic rings. The van der Waals surface area contributed by atoms with E-state index in [1.165, 1.54) is 0 Å². The van der Waals surface area contributed by atoms with E-state index in [0.717, 1.165) is 30.3 Å². The number of aryl methyl sites for hydroxylation is 1. The molecule has 0 unspecified atom stereocenters. The molecular formula is C11H9NO. The number of rotatable bonds is 1. The quantitative estimate of drug-likeness (QED) is 0.604. The van der Waals surface area contributed by atoms with Gasteiger partial charge in [-0.1, -0.05) is 6.07 Å². The van der Waals surface area contributed by atoms with Crippen LogP contribution in [0.2, 0.25) is 0 Å². The number of carbonyl (C=O) groups excluding carboxylic acids is 1. The van der Waals surface area contributed by atoms with E-state index >= 15 is 0 Å². The van der Waals surface area contributed by atoms with Crippen LogP contribution >= 0.6 is 0 Å². The number of hydrogen-bond acceptors (Lipinski definition) is 2. The van der Waals surface area contributed by atoms with Crippen molar-refractivity contribution in [1.29, 1.82) is 5.26 Å². The van der Waals surface area contributed by atoms with Crippen LogP contribution in [0.5, 0.6) is 0 Å². The van der Waals surface area contributed by atoms with E-state index < -0.39 is 0 Å². The first-order valence-corrected chi connectivity index (χ1v) is 4.33. The number of hydrogen-bond donors (Lipinski definition) is 0. The molecule has 0 saturated carbocycles. The van der Waals surface area contributed by atoms with Crippen LogP contribution in [-0.4, -0.2) is 6.29 Å². The van der Waals surface area contributed by atoms with Gasteiger partial charge in [-0.25, -0.2) is 0 Å². The molecule has 0 radical (unpaired) electrons. The summed E-state index contributed by atoms with van der Waals surface area (Å²) >= 11 is 0. The Morgan fingerprint density at radius 1 is 1.54 bits per heavy atom. The molecule has 0 aliphatic heterocycles. The Morgan fingerprint density at radius 3 is 3.08 bits per heavy atom. The van der Waals surface area contributed by atoms with Gasteiger partial charge in [-0.15, -0.1) is 0 Å². The van der Waals surface area contributed by atoms with Crippen molar-refractivity contribution in [2.24, 2.45) is 0 Å². The SMILES string of the molecule is N#Cc1ccc2c(c1)CC[C@@H]2C=O. The van der Waals surface area contributed by atoms with Gasteiger partial charge in [0.1, 0.15) is 6.29 Å². The predicted octanol–water partition coefficient (Wildman–Crippen LogP) is 1.79. The van der Waals surface area contributed by atoms with Crippen LogP contribution in [0.1, 0.15) is 29.0 Å². The maximum atomic E-state index is 10.7. The molecule has 0 spiro atoms. The van der Waals surface area contributed by atoms with E-state index in [4.69, 9.17) is 5.26 Å². The Bertz CT molecular complexity index is 390. The van der Waals surface area contributed by atoms with Crippen molar-refractivity contribution in [3.05, 3.63) is 34.9 Å². The highest BCUT2D eigenvalue weighted by atomic mass is 16.1. The van der Waals surface area contributed by atoms with Crippen molar-refractivity contribution in [2.75, 3.05) is 0 Å². The van der Waals surface area contributed by atoms with Crippen molar-refractivity contribution in [3.8, 4) is 6.07 Å². The second-order valence-electron chi connectivity index (χ2n) is 3.31. The minimum atomic E-state index is 0.0581. The Balaban J connectivity index is 2.47. The van der Waals surface area contributed by atoms with Crippen LogP contribution in [0.15, 0.2) is 18.2 Å². The standard InChI is InChI=1S/C11H9NO/c12-6-8-1-4-11-9(5-8)2-3-10(11)7-13/h1,4-5,7,10H,2-3H2/t10-/m1/s1. The van der Waals surface area contributed by atoms with Crippen molar-refractivity contribution < 1.29 is 4.79 Å². The maximum absolute atomic E-state index is 10.7. The largest absolute Gasteiger partial charge is 0.303 e. The summed E-state index contributed by atoms with van der Waals surface area (Å²) in [7, 11) is 0. The fraction of sp³-hybridized carbons (Fsp3) is 0.273. The molecule has 1 atom stereocenters. The number of nitrogens with zero attached hydrogens (tertiary/aromatic N) is 1. The highest BCUT2D eigenvalue weighted by molar-refractivity contribution is 5.65. The monoisotopic (exact) mass is 171 g/mol. The second-order valence-corrected chi connectivity index (χ2v) is 3.31. The first-order valence-electron chi connectivity index (χ1n) is 4.33. The summed E-state index contributed by atoms with van der Waals surface area (Å²) in [6, 6.07) is 7.67. The summed E-state index contributed by atoms with van der Waals surface area (Å²) in [5.74, 6) is 0.0581. The van der Waals surface area contributed by atoms with E-state index in [1.54, 1.807) is 6.07 Å². The third-order valence-electron chi connectivity index (χ3n) is 2.56. The predicted molar refractivity (Wildman–Crippen MR) is 48.3 cm³/mol. The molecule has 0 fully saturated rings. The molecule has 0 N–H and O–H groups in total. The summed E-state index contributed by atoms with van der Waals surface area (Å²) < 4.78 is 0. The highest BCUT2D eigenvalue weighted by Crippen LogP contribution is 2.31. The lowest BCUT2D eigenvalue weighted by Gasteiger charge is -2.01. The number of fused-ring (bicyclic) bond motifs is 1. The van der Waals surface area contributed by atoms with Crippen LogP contribution < -0.4 is 0 Å². The third-order valence-corrected chi connectivity index (χ3v) is 2.56. The van der Waals surface area contributed by atoms with Crippen LogP contribution in [0, 0.1) is 11.3 Å². The van der Waals surface area contributed by atoms with Crippen molar-refractivity contribution in [1.82, 2.24) is 0 Å². The van der Waals surface area contributed by atoms with Crippen LogP contribution in [-0.2, 0) is 11.2 Å². The third kappa shape index (κ3) is 1.23. The number of benzene rings is 1. The lowest BCUT2D eigenvalue weighted by molar-refractivity contribution is -0.109. The molecule has 13 heavy (non-hydrogen) atoms. The Labute approximate surface area is 76.8 Å². The Morgan fingerprint density at radius 2 is 2.38 bits per heavy atom. The number of aldehydes is 1. The summed E-state index contributed by atoms with van der Waals surface area (Å²) in [6.07, 6.45) is 2.82. The van der Waals surface area contributed by atoms with Gasteiger partial charge in [-0.3, -0.25) is 0 Å². The lowest BCUT2D eigenvalue weighted by Crippen LogP contribution is -1.93. The summed E-state index contributed by atoms with van der Waals surface area (Å²) in [4.78, 5) is 10.7. The van der Waals surface area contributed by atoms with Crippen LogP contribution in [0.4, 0.5) is 0 Å². The van der Waals surface area contributed by atoms with Crippen LogP contribution in [0.25, 0.3) is 0 Å². The molecule has 1 aliphatic rings. The van der Waals surface area contributed by atoms with Gasteiger partial charge < -0.3 is 4.79 Å². The van der Waals surface area contributed by atoms with Crippen LogP contribution in [0.3, 0.4) is 0 Å². The van der Waals surface area contributed by atoms with Gasteiger partial charge in [0.15, 0.2) is 0 Å². The molecule has 1 aromatic carbocycles. The van der Waals surface area contributed by atoms with Gasteiger partial charge in [-0.05, 0) is 36.1 Å². The van der Waals surface area contributed by atoms with Crippen molar-refractivity contribution in [2.45, 2.75) is 18.8 Å². The molecule has 0 amide bonds. The fourth-order valence-corrected chi connectivity index (χ4v) is 1.86. The molecule has 1 aliphatic carbocycles. The lowest BCUT2D eigenvalue weighted by atomic mass is 10.0. The van der Waals surface area contributed by atoms with Gasteiger partial charge in [0.05, 0.1) is 11.6 Å². The zero-order valence-corrected chi connectivity index (χ0v) is 7.16.